The Balaban J connectivity index is 1.65. The van der Waals surface area contributed by atoms with E-state index >= 15 is 0 Å². The number of aryl methyl sites for hydroxylation is 1. The Hall–Kier alpha value is -1.81. The fourth-order valence-corrected chi connectivity index (χ4v) is 2.24. The van der Waals surface area contributed by atoms with Crippen LogP contribution in [0.1, 0.15) is 24.1 Å². The van der Waals surface area contributed by atoms with Gasteiger partial charge in [-0.05, 0) is 13.0 Å². The van der Waals surface area contributed by atoms with Gasteiger partial charge in [-0.3, -0.25) is 4.68 Å². The number of para-hydroxylation sites is 1. The summed E-state index contributed by atoms with van der Waals surface area (Å²) in [7, 11) is 0. The molecule has 0 radical (unpaired) electrons. The number of aromatic nitrogens is 2. The Kier molecular flexibility index (Phi) is 3.02. The Bertz CT molecular complexity index is 535. The first-order valence-electron chi connectivity index (χ1n) is 6.33. The first-order chi connectivity index (χ1) is 8.86. The molecule has 1 unspecified atom stereocenters. The standard InChI is InChI=1S/C14H17N3O/c1-2-17-9-11(8-16-17)7-15-13-10-18-14-6-4-3-5-12(13)14/h3-6,8-9,13,15H,2,7,10H2,1H3. The maximum Gasteiger partial charge on any atom is 0.124 e. The van der Waals surface area contributed by atoms with E-state index in [2.05, 4.69) is 35.7 Å². The maximum atomic E-state index is 5.64. The Morgan fingerprint density at radius 2 is 2.33 bits per heavy atom. The van der Waals surface area contributed by atoms with E-state index in [0.717, 1.165) is 18.8 Å². The monoisotopic (exact) mass is 243 g/mol. The molecule has 18 heavy (non-hydrogen) atoms. The van der Waals surface area contributed by atoms with Crippen molar-refractivity contribution in [3.63, 3.8) is 0 Å². The molecule has 1 aromatic carbocycles. The molecule has 4 nitrogen and oxygen atoms in total. The molecule has 0 saturated carbocycles. The number of benzene rings is 1. The van der Waals surface area contributed by atoms with Gasteiger partial charge in [0.2, 0.25) is 0 Å². The van der Waals surface area contributed by atoms with E-state index in [9.17, 15) is 0 Å². The van der Waals surface area contributed by atoms with Gasteiger partial charge in [-0.1, -0.05) is 18.2 Å². The van der Waals surface area contributed by atoms with Crippen LogP contribution in [0, 0.1) is 0 Å². The van der Waals surface area contributed by atoms with Gasteiger partial charge in [0.05, 0.1) is 12.2 Å². The molecule has 0 bridgehead atoms. The van der Waals surface area contributed by atoms with Crippen molar-refractivity contribution in [1.29, 1.82) is 0 Å². The molecule has 4 heteroatoms. The van der Waals surface area contributed by atoms with Crippen LogP contribution in [0.2, 0.25) is 0 Å². The number of nitrogens with zero attached hydrogens (tertiary/aromatic N) is 2. The molecule has 0 spiro atoms. The lowest BCUT2D eigenvalue weighted by Gasteiger charge is -2.10. The summed E-state index contributed by atoms with van der Waals surface area (Å²) in [6, 6.07) is 8.48. The van der Waals surface area contributed by atoms with Crippen LogP contribution in [0.15, 0.2) is 36.7 Å². The van der Waals surface area contributed by atoms with Gasteiger partial charge in [-0.15, -0.1) is 0 Å². The van der Waals surface area contributed by atoms with E-state index < -0.39 is 0 Å². The second kappa shape index (κ2) is 4.82. The zero-order valence-corrected chi connectivity index (χ0v) is 10.5. The zero-order chi connectivity index (χ0) is 12.4. The summed E-state index contributed by atoms with van der Waals surface area (Å²) in [5.41, 5.74) is 2.46. The van der Waals surface area contributed by atoms with Gasteiger partial charge in [0, 0.05) is 30.4 Å². The summed E-state index contributed by atoms with van der Waals surface area (Å²) in [5, 5.41) is 7.78. The van der Waals surface area contributed by atoms with Crippen LogP contribution in [-0.4, -0.2) is 16.4 Å². The predicted molar refractivity (Wildman–Crippen MR) is 69.4 cm³/mol. The predicted octanol–water partition coefficient (Wildman–Crippen LogP) is 2.13. The Morgan fingerprint density at radius 1 is 1.44 bits per heavy atom. The summed E-state index contributed by atoms with van der Waals surface area (Å²) in [6.07, 6.45) is 3.99. The third-order valence-corrected chi connectivity index (χ3v) is 3.26. The minimum Gasteiger partial charge on any atom is -0.491 e. The number of rotatable bonds is 4. The van der Waals surface area contributed by atoms with Crippen molar-refractivity contribution < 1.29 is 4.74 Å². The quantitative estimate of drug-likeness (QED) is 0.894. The molecule has 1 aromatic heterocycles. The molecule has 1 aliphatic rings. The summed E-state index contributed by atoms with van der Waals surface area (Å²) in [5.74, 6) is 0.999. The Morgan fingerprint density at radius 3 is 3.17 bits per heavy atom. The largest absolute Gasteiger partial charge is 0.491 e. The number of nitrogens with one attached hydrogen (secondary N) is 1. The molecule has 0 saturated heterocycles. The summed E-state index contributed by atoms with van der Waals surface area (Å²) >= 11 is 0. The number of ether oxygens (including phenoxy) is 1. The summed E-state index contributed by atoms with van der Waals surface area (Å²) < 4.78 is 7.58. The highest BCUT2D eigenvalue weighted by molar-refractivity contribution is 5.39. The summed E-state index contributed by atoms with van der Waals surface area (Å²) in [6.45, 7) is 4.53. The molecule has 1 N–H and O–H groups in total. The molecular weight excluding hydrogens is 226 g/mol. The molecule has 2 aromatic rings. The Labute approximate surface area is 107 Å². The molecule has 1 aliphatic heterocycles. The van der Waals surface area contributed by atoms with Gasteiger partial charge in [-0.2, -0.15) is 5.10 Å². The van der Waals surface area contributed by atoms with Crippen molar-refractivity contribution in [2.45, 2.75) is 26.1 Å². The second-order valence-electron chi connectivity index (χ2n) is 4.49. The third kappa shape index (κ3) is 2.11. The fourth-order valence-electron chi connectivity index (χ4n) is 2.24. The van der Waals surface area contributed by atoms with E-state index in [4.69, 9.17) is 4.74 Å². The maximum absolute atomic E-state index is 5.64. The first kappa shape index (κ1) is 11.3. The number of hydrogen-bond acceptors (Lipinski definition) is 3. The van der Waals surface area contributed by atoms with Gasteiger partial charge in [0.25, 0.3) is 0 Å². The van der Waals surface area contributed by atoms with Crippen molar-refractivity contribution in [3.8, 4) is 5.75 Å². The lowest BCUT2D eigenvalue weighted by molar-refractivity contribution is 0.310. The highest BCUT2D eigenvalue weighted by atomic mass is 16.5. The van der Waals surface area contributed by atoms with Crippen LogP contribution in [0.25, 0.3) is 0 Å². The first-order valence-corrected chi connectivity index (χ1v) is 6.33. The lowest BCUT2D eigenvalue weighted by Crippen LogP contribution is -2.21. The number of fused-ring (bicyclic) bond motifs is 1. The van der Waals surface area contributed by atoms with E-state index in [1.54, 1.807) is 0 Å². The van der Waals surface area contributed by atoms with Gasteiger partial charge in [-0.25, -0.2) is 0 Å². The van der Waals surface area contributed by atoms with E-state index in [1.165, 1.54) is 11.1 Å². The highest BCUT2D eigenvalue weighted by Gasteiger charge is 2.22. The van der Waals surface area contributed by atoms with E-state index in [-0.39, 0.29) is 6.04 Å². The topological polar surface area (TPSA) is 39.1 Å². The highest BCUT2D eigenvalue weighted by Crippen LogP contribution is 2.31. The van der Waals surface area contributed by atoms with Crippen LogP contribution < -0.4 is 10.1 Å². The van der Waals surface area contributed by atoms with Crippen LogP contribution >= 0.6 is 0 Å². The third-order valence-electron chi connectivity index (χ3n) is 3.26. The SMILES string of the molecule is CCn1cc(CNC2COc3ccccc32)cn1. The molecular formula is C14H17N3O. The minimum absolute atomic E-state index is 0.283. The van der Waals surface area contributed by atoms with Crippen molar-refractivity contribution >= 4 is 0 Å². The number of hydrogen-bond donors (Lipinski definition) is 1. The van der Waals surface area contributed by atoms with Gasteiger partial charge in [0.15, 0.2) is 0 Å². The molecule has 94 valence electrons. The lowest BCUT2D eigenvalue weighted by atomic mass is 10.1. The average molecular weight is 243 g/mol. The normalized spacial score (nSPS) is 17.5. The molecule has 0 fully saturated rings. The smallest absolute Gasteiger partial charge is 0.124 e. The average Bonchev–Trinajstić information content (AvgIpc) is 3.03. The summed E-state index contributed by atoms with van der Waals surface area (Å²) in [4.78, 5) is 0. The van der Waals surface area contributed by atoms with Crippen molar-refractivity contribution in [1.82, 2.24) is 15.1 Å². The van der Waals surface area contributed by atoms with Gasteiger partial charge >= 0.3 is 0 Å². The zero-order valence-electron chi connectivity index (χ0n) is 10.5. The molecule has 2 heterocycles. The minimum atomic E-state index is 0.283. The fraction of sp³-hybridized carbons (Fsp3) is 0.357. The van der Waals surface area contributed by atoms with Crippen molar-refractivity contribution in [2.75, 3.05) is 6.61 Å². The van der Waals surface area contributed by atoms with Crippen molar-refractivity contribution in [3.05, 3.63) is 47.8 Å². The molecule has 0 amide bonds. The van der Waals surface area contributed by atoms with E-state index in [0.29, 0.717) is 6.61 Å². The van der Waals surface area contributed by atoms with Crippen LogP contribution in [-0.2, 0) is 13.1 Å². The van der Waals surface area contributed by atoms with E-state index in [1.807, 2.05) is 23.0 Å². The molecule has 0 aliphatic carbocycles. The molecule has 1 atom stereocenters. The second-order valence-corrected chi connectivity index (χ2v) is 4.49. The van der Waals surface area contributed by atoms with Crippen LogP contribution in [0.5, 0.6) is 5.75 Å². The van der Waals surface area contributed by atoms with Crippen LogP contribution in [0.4, 0.5) is 0 Å². The van der Waals surface area contributed by atoms with Gasteiger partial charge in [0.1, 0.15) is 12.4 Å². The van der Waals surface area contributed by atoms with Gasteiger partial charge < -0.3 is 10.1 Å². The molecule has 3 rings (SSSR count). The van der Waals surface area contributed by atoms with Crippen LogP contribution in [0.3, 0.4) is 0 Å². The van der Waals surface area contributed by atoms with Crippen molar-refractivity contribution in [2.24, 2.45) is 0 Å².